The molecule has 1 aromatic carbocycles. The summed E-state index contributed by atoms with van der Waals surface area (Å²) in [6.07, 6.45) is 7.67. The van der Waals surface area contributed by atoms with Crippen LogP contribution in [0, 0.1) is 24.7 Å². The van der Waals surface area contributed by atoms with Crippen LogP contribution >= 0.6 is 0 Å². The Balaban J connectivity index is 1.46. The molecule has 0 unspecified atom stereocenters. The van der Waals surface area contributed by atoms with Crippen molar-refractivity contribution in [2.45, 2.75) is 26.3 Å². The number of aryl methyl sites for hydroxylation is 1. The van der Waals surface area contributed by atoms with E-state index in [0.29, 0.717) is 0 Å². The fourth-order valence-electron chi connectivity index (χ4n) is 3.24. The summed E-state index contributed by atoms with van der Waals surface area (Å²) >= 11 is 0. The molecule has 1 heteroatoms. The zero-order valence-electron chi connectivity index (χ0n) is 10.5. The highest BCUT2D eigenvalue weighted by Crippen LogP contribution is 2.42. The molecule has 0 spiro atoms. The number of fused-ring (bicyclic) bond motifs is 2. The number of hydrogen-bond acceptors (Lipinski definition) is 1. The van der Waals surface area contributed by atoms with Crippen molar-refractivity contribution in [3.05, 3.63) is 47.5 Å². The Bertz CT molecular complexity index is 404. The molecule has 0 amide bonds. The molecule has 90 valence electrons. The number of hydrogen-bond donors (Lipinski definition) is 1. The van der Waals surface area contributed by atoms with Gasteiger partial charge in [-0.1, -0.05) is 42.0 Å². The van der Waals surface area contributed by atoms with Crippen LogP contribution in [0.25, 0.3) is 0 Å². The minimum absolute atomic E-state index is 0.866. The Morgan fingerprint density at radius 2 is 1.94 bits per heavy atom. The van der Waals surface area contributed by atoms with E-state index in [1.807, 2.05) is 0 Å². The number of rotatable bonds is 4. The van der Waals surface area contributed by atoms with E-state index < -0.39 is 0 Å². The molecule has 0 radical (unpaired) electrons. The summed E-state index contributed by atoms with van der Waals surface area (Å²) < 4.78 is 0. The van der Waals surface area contributed by atoms with Gasteiger partial charge in [-0.25, -0.2) is 0 Å². The third-order valence-corrected chi connectivity index (χ3v) is 4.27. The lowest BCUT2D eigenvalue weighted by molar-refractivity contribution is 0.414. The van der Waals surface area contributed by atoms with E-state index in [4.69, 9.17) is 0 Å². The van der Waals surface area contributed by atoms with Crippen molar-refractivity contribution in [2.75, 3.05) is 6.54 Å². The van der Waals surface area contributed by atoms with E-state index in [-0.39, 0.29) is 0 Å². The van der Waals surface area contributed by atoms with Crippen molar-refractivity contribution in [3.63, 3.8) is 0 Å². The van der Waals surface area contributed by atoms with Gasteiger partial charge in [0.15, 0.2) is 0 Å². The van der Waals surface area contributed by atoms with Crippen LogP contribution in [-0.4, -0.2) is 6.54 Å². The second kappa shape index (κ2) is 4.66. The summed E-state index contributed by atoms with van der Waals surface area (Å²) in [5, 5.41) is 3.61. The van der Waals surface area contributed by atoms with Crippen LogP contribution in [0.5, 0.6) is 0 Å². The first kappa shape index (κ1) is 11.0. The van der Waals surface area contributed by atoms with Gasteiger partial charge >= 0.3 is 0 Å². The lowest BCUT2D eigenvalue weighted by Gasteiger charge is -2.18. The molecule has 1 nitrogen and oxygen atoms in total. The van der Waals surface area contributed by atoms with Gasteiger partial charge in [-0.3, -0.25) is 0 Å². The Morgan fingerprint density at radius 1 is 1.12 bits per heavy atom. The molecule has 0 saturated heterocycles. The molecule has 2 bridgehead atoms. The van der Waals surface area contributed by atoms with Crippen molar-refractivity contribution >= 4 is 0 Å². The first-order chi connectivity index (χ1) is 8.31. The summed E-state index contributed by atoms with van der Waals surface area (Å²) in [7, 11) is 0. The fourth-order valence-corrected chi connectivity index (χ4v) is 3.24. The molecule has 2 aliphatic carbocycles. The van der Waals surface area contributed by atoms with Crippen LogP contribution in [-0.2, 0) is 6.54 Å². The van der Waals surface area contributed by atoms with Gasteiger partial charge in [0.25, 0.3) is 0 Å². The van der Waals surface area contributed by atoms with Gasteiger partial charge in [0, 0.05) is 6.54 Å². The first-order valence-electron chi connectivity index (χ1n) is 6.76. The summed E-state index contributed by atoms with van der Waals surface area (Å²) in [6.45, 7) is 4.33. The van der Waals surface area contributed by atoms with Crippen LogP contribution in [0.4, 0.5) is 0 Å². The van der Waals surface area contributed by atoms with Crippen molar-refractivity contribution in [1.82, 2.24) is 5.32 Å². The normalized spacial score (nSPS) is 30.1. The molecule has 1 aromatic rings. The summed E-state index contributed by atoms with van der Waals surface area (Å²) in [5.41, 5.74) is 2.74. The maximum absolute atomic E-state index is 3.61. The Morgan fingerprint density at radius 3 is 2.59 bits per heavy atom. The number of nitrogens with one attached hydrogen (secondary N) is 1. The van der Waals surface area contributed by atoms with Crippen molar-refractivity contribution in [1.29, 1.82) is 0 Å². The van der Waals surface area contributed by atoms with Crippen molar-refractivity contribution in [3.8, 4) is 0 Å². The summed E-state index contributed by atoms with van der Waals surface area (Å²) in [4.78, 5) is 0. The second-order valence-corrected chi connectivity index (χ2v) is 5.66. The quantitative estimate of drug-likeness (QED) is 0.778. The lowest BCUT2D eigenvalue weighted by atomic mass is 9.93. The van der Waals surface area contributed by atoms with E-state index in [1.165, 1.54) is 30.5 Å². The molecule has 1 fully saturated rings. The largest absolute Gasteiger partial charge is 0.312 e. The maximum Gasteiger partial charge on any atom is 0.0205 e. The van der Waals surface area contributed by atoms with Crippen LogP contribution in [0.3, 0.4) is 0 Å². The van der Waals surface area contributed by atoms with E-state index in [2.05, 4.69) is 48.7 Å². The second-order valence-electron chi connectivity index (χ2n) is 5.66. The summed E-state index contributed by atoms with van der Waals surface area (Å²) in [6, 6.07) is 8.83. The van der Waals surface area contributed by atoms with Crippen LogP contribution in [0.1, 0.15) is 24.0 Å². The van der Waals surface area contributed by atoms with Gasteiger partial charge in [0.05, 0.1) is 0 Å². The Hall–Kier alpha value is -1.08. The topological polar surface area (TPSA) is 12.0 Å². The van der Waals surface area contributed by atoms with Crippen LogP contribution < -0.4 is 5.32 Å². The van der Waals surface area contributed by atoms with Gasteiger partial charge in [0.2, 0.25) is 0 Å². The van der Waals surface area contributed by atoms with E-state index >= 15 is 0 Å². The van der Waals surface area contributed by atoms with Crippen molar-refractivity contribution < 1.29 is 0 Å². The molecule has 0 aliphatic heterocycles. The van der Waals surface area contributed by atoms with Gasteiger partial charge in [0.1, 0.15) is 0 Å². The van der Waals surface area contributed by atoms with E-state index in [1.54, 1.807) is 0 Å². The van der Waals surface area contributed by atoms with Gasteiger partial charge < -0.3 is 5.32 Å². The standard InChI is InChI=1S/C16H21N/c1-12-2-4-13(5-3-12)10-17-11-16-9-14-6-7-15(16)8-14/h2-7,14-17H,8-11H2,1H3/t14-,15-,16+/m0/s1. The maximum atomic E-state index is 3.61. The number of allylic oxidation sites excluding steroid dienone is 2. The minimum Gasteiger partial charge on any atom is -0.312 e. The van der Waals surface area contributed by atoms with Gasteiger partial charge in [-0.2, -0.15) is 0 Å². The zero-order valence-corrected chi connectivity index (χ0v) is 10.5. The highest BCUT2D eigenvalue weighted by Gasteiger charge is 2.34. The first-order valence-corrected chi connectivity index (χ1v) is 6.76. The fraction of sp³-hybridized carbons (Fsp3) is 0.500. The predicted octanol–water partition coefficient (Wildman–Crippen LogP) is 3.30. The average Bonchev–Trinajstić information content (AvgIpc) is 2.94. The third-order valence-electron chi connectivity index (χ3n) is 4.27. The molecule has 0 heterocycles. The SMILES string of the molecule is Cc1ccc(CNC[C@H]2C[C@H]3C=C[C@H]2C3)cc1. The van der Waals surface area contributed by atoms with Gasteiger partial charge in [-0.05, 0) is 49.6 Å². The smallest absolute Gasteiger partial charge is 0.0205 e. The molecule has 1 saturated carbocycles. The Kier molecular flexibility index (Phi) is 3.02. The Labute approximate surface area is 104 Å². The summed E-state index contributed by atoms with van der Waals surface area (Å²) in [5.74, 6) is 2.65. The van der Waals surface area contributed by atoms with Gasteiger partial charge in [-0.15, -0.1) is 0 Å². The highest BCUT2D eigenvalue weighted by atomic mass is 14.9. The molecule has 3 rings (SSSR count). The lowest BCUT2D eigenvalue weighted by Crippen LogP contribution is -2.25. The molecule has 3 atom stereocenters. The van der Waals surface area contributed by atoms with E-state index in [9.17, 15) is 0 Å². The monoisotopic (exact) mass is 227 g/mol. The van der Waals surface area contributed by atoms with Crippen LogP contribution in [0.2, 0.25) is 0 Å². The van der Waals surface area contributed by atoms with Crippen molar-refractivity contribution in [2.24, 2.45) is 17.8 Å². The molecule has 1 N–H and O–H groups in total. The van der Waals surface area contributed by atoms with Crippen LogP contribution in [0.15, 0.2) is 36.4 Å². The average molecular weight is 227 g/mol. The third kappa shape index (κ3) is 2.44. The molecular weight excluding hydrogens is 206 g/mol. The zero-order chi connectivity index (χ0) is 11.7. The highest BCUT2D eigenvalue weighted by molar-refractivity contribution is 5.21. The number of benzene rings is 1. The molecule has 0 aromatic heterocycles. The minimum atomic E-state index is 0.866. The van der Waals surface area contributed by atoms with E-state index in [0.717, 1.165) is 24.3 Å². The molecule has 17 heavy (non-hydrogen) atoms. The predicted molar refractivity (Wildman–Crippen MR) is 71.7 cm³/mol. The molecular formula is C16H21N. The molecule has 2 aliphatic rings.